The monoisotopic (exact) mass is 288 g/mol. The summed E-state index contributed by atoms with van der Waals surface area (Å²) in [5, 5.41) is 0. The van der Waals surface area contributed by atoms with Gasteiger partial charge in [0.1, 0.15) is 4.83 Å². The summed E-state index contributed by atoms with van der Waals surface area (Å²) in [6, 6.07) is 10.2. The second-order valence-electron chi connectivity index (χ2n) is 2.99. The highest BCUT2D eigenvalue weighted by atomic mass is 79.9. The minimum atomic E-state index is -0.212. The van der Waals surface area contributed by atoms with E-state index in [0.717, 1.165) is 11.5 Å². The van der Waals surface area contributed by atoms with E-state index >= 15 is 0 Å². The first-order chi connectivity index (χ1) is 7.24. The zero-order valence-corrected chi connectivity index (χ0v) is 10.9. The van der Waals surface area contributed by atoms with Crippen molar-refractivity contribution in [2.24, 2.45) is 0 Å². The van der Waals surface area contributed by atoms with Gasteiger partial charge in [0.05, 0.1) is 7.11 Å². The van der Waals surface area contributed by atoms with Gasteiger partial charge in [0.25, 0.3) is 0 Å². The van der Waals surface area contributed by atoms with Crippen LogP contribution in [0.1, 0.15) is 5.56 Å². The summed E-state index contributed by atoms with van der Waals surface area (Å²) >= 11 is 4.99. The lowest BCUT2D eigenvalue weighted by atomic mass is 10.2. The number of rotatable bonds is 5. The molecule has 0 radical (unpaired) electrons. The van der Waals surface area contributed by atoms with Gasteiger partial charge in [-0.15, -0.1) is 0 Å². The highest BCUT2D eigenvalue weighted by Gasteiger charge is 2.14. The molecule has 0 aliphatic heterocycles. The van der Waals surface area contributed by atoms with Crippen molar-refractivity contribution in [1.29, 1.82) is 0 Å². The van der Waals surface area contributed by atoms with Crippen LogP contribution >= 0.6 is 27.7 Å². The van der Waals surface area contributed by atoms with E-state index in [1.165, 1.54) is 12.7 Å². The number of carbonyl (C=O) groups excluding carboxylic acids is 1. The molecule has 2 nitrogen and oxygen atoms in total. The molecule has 0 aliphatic rings. The van der Waals surface area contributed by atoms with Crippen LogP contribution in [0.5, 0.6) is 0 Å². The Balaban J connectivity index is 2.25. The molecule has 0 amide bonds. The SMILES string of the molecule is COC(=O)C(Br)CSCc1ccccc1. The van der Waals surface area contributed by atoms with Gasteiger partial charge in [0.15, 0.2) is 0 Å². The van der Waals surface area contributed by atoms with Crippen molar-refractivity contribution in [3.05, 3.63) is 35.9 Å². The van der Waals surface area contributed by atoms with Crippen LogP contribution in [-0.4, -0.2) is 23.7 Å². The molecule has 0 saturated heterocycles. The van der Waals surface area contributed by atoms with Gasteiger partial charge in [-0.05, 0) is 5.56 Å². The predicted octanol–water partition coefficient (Wildman–Crippen LogP) is 2.86. The summed E-state index contributed by atoms with van der Waals surface area (Å²) in [4.78, 5) is 10.9. The summed E-state index contributed by atoms with van der Waals surface area (Å²) in [5.41, 5.74) is 1.27. The van der Waals surface area contributed by atoms with Gasteiger partial charge in [-0.1, -0.05) is 46.3 Å². The number of benzene rings is 1. The first-order valence-corrected chi connectivity index (χ1v) is 6.64. The van der Waals surface area contributed by atoms with Gasteiger partial charge in [-0.25, -0.2) is 0 Å². The van der Waals surface area contributed by atoms with Crippen molar-refractivity contribution < 1.29 is 9.53 Å². The Kier molecular flexibility index (Phi) is 5.79. The molecule has 0 bridgehead atoms. The fourth-order valence-corrected chi connectivity index (χ4v) is 2.69. The smallest absolute Gasteiger partial charge is 0.320 e. The van der Waals surface area contributed by atoms with Crippen LogP contribution < -0.4 is 0 Å². The highest BCUT2D eigenvalue weighted by Crippen LogP contribution is 2.16. The number of methoxy groups -OCH3 is 1. The van der Waals surface area contributed by atoms with Crippen molar-refractivity contribution in [2.75, 3.05) is 12.9 Å². The molecule has 0 aliphatic carbocycles. The maximum Gasteiger partial charge on any atom is 0.320 e. The summed E-state index contributed by atoms with van der Waals surface area (Å²) < 4.78 is 4.62. The first-order valence-electron chi connectivity index (χ1n) is 4.57. The maximum absolute atomic E-state index is 11.1. The lowest BCUT2D eigenvalue weighted by Crippen LogP contribution is -2.17. The molecule has 15 heavy (non-hydrogen) atoms. The van der Waals surface area contributed by atoms with Crippen molar-refractivity contribution in [3.63, 3.8) is 0 Å². The van der Waals surface area contributed by atoms with Crippen LogP contribution in [0.2, 0.25) is 0 Å². The van der Waals surface area contributed by atoms with E-state index in [1.54, 1.807) is 11.8 Å². The third-order valence-electron chi connectivity index (χ3n) is 1.83. The van der Waals surface area contributed by atoms with E-state index in [-0.39, 0.29) is 10.8 Å². The largest absolute Gasteiger partial charge is 0.468 e. The number of hydrogen-bond acceptors (Lipinski definition) is 3. The molecule has 0 fully saturated rings. The van der Waals surface area contributed by atoms with Crippen molar-refractivity contribution in [3.8, 4) is 0 Å². The van der Waals surface area contributed by atoms with E-state index in [4.69, 9.17) is 0 Å². The Morgan fingerprint density at radius 2 is 2.13 bits per heavy atom. The van der Waals surface area contributed by atoms with E-state index in [2.05, 4.69) is 32.8 Å². The molecule has 4 heteroatoms. The van der Waals surface area contributed by atoms with Gasteiger partial charge >= 0.3 is 5.97 Å². The second-order valence-corrected chi connectivity index (χ2v) is 5.13. The average Bonchev–Trinajstić information content (AvgIpc) is 2.29. The van der Waals surface area contributed by atoms with Crippen molar-refractivity contribution >= 4 is 33.7 Å². The zero-order chi connectivity index (χ0) is 11.1. The molecular weight excluding hydrogens is 276 g/mol. The minimum absolute atomic E-state index is 0.212. The predicted molar refractivity (Wildman–Crippen MR) is 67.3 cm³/mol. The number of carbonyl (C=O) groups is 1. The van der Waals surface area contributed by atoms with Crippen LogP contribution in [0, 0.1) is 0 Å². The van der Waals surface area contributed by atoms with Crippen molar-refractivity contribution in [1.82, 2.24) is 0 Å². The Morgan fingerprint density at radius 1 is 1.47 bits per heavy atom. The zero-order valence-electron chi connectivity index (χ0n) is 8.48. The number of thioether (sulfide) groups is 1. The molecule has 0 heterocycles. The molecule has 82 valence electrons. The summed E-state index contributed by atoms with van der Waals surface area (Å²) in [7, 11) is 1.40. The van der Waals surface area contributed by atoms with Crippen LogP contribution in [0.25, 0.3) is 0 Å². The van der Waals surface area contributed by atoms with Crippen LogP contribution in [-0.2, 0) is 15.3 Å². The lowest BCUT2D eigenvalue weighted by Gasteiger charge is -2.06. The Labute approximate surface area is 103 Å². The van der Waals surface area contributed by atoms with Gasteiger partial charge < -0.3 is 4.74 Å². The summed E-state index contributed by atoms with van der Waals surface area (Å²) in [6.45, 7) is 0. The number of hydrogen-bond donors (Lipinski definition) is 0. The molecule has 1 atom stereocenters. The maximum atomic E-state index is 11.1. The quantitative estimate of drug-likeness (QED) is 0.616. The number of halogens is 1. The summed E-state index contributed by atoms with van der Waals surface area (Å²) in [6.07, 6.45) is 0. The van der Waals surface area contributed by atoms with Crippen molar-refractivity contribution in [2.45, 2.75) is 10.6 Å². The van der Waals surface area contributed by atoms with Crippen LogP contribution in [0.4, 0.5) is 0 Å². The molecule has 1 unspecified atom stereocenters. The highest BCUT2D eigenvalue weighted by molar-refractivity contribution is 9.10. The van der Waals surface area contributed by atoms with E-state index in [0.29, 0.717) is 0 Å². The Morgan fingerprint density at radius 3 is 2.73 bits per heavy atom. The fourth-order valence-electron chi connectivity index (χ4n) is 1.05. The topological polar surface area (TPSA) is 26.3 Å². The molecule has 1 aromatic rings. The number of alkyl halides is 1. The fraction of sp³-hybridized carbons (Fsp3) is 0.364. The molecular formula is C11H13BrO2S. The molecule has 1 rings (SSSR count). The third-order valence-corrected chi connectivity index (χ3v) is 4.07. The third kappa shape index (κ3) is 4.71. The lowest BCUT2D eigenvalue weighted by molar-refractivity contribution is -0.139. The normalized spacial score (nSPS) is 12.1. The Hall–Kier alpha value is -0.480. The van der Waals surface area contributed by atoms with Gasteiger partial charge in [0, 0.05) is 11.5 Å². The van der Waals surface area contributed by atoms with Gasteiger partial charge in [0.2, 0.25) is 0 Å². The molecule has 0 N–H and O–H groups in total. The van der Waals surface area contributed by atoms with E-state index in [9.17, 15) is 4.79 Å². The van der Waals surface area contributed by atoms with Gasteiger partial charge in [-0.3, -0.25) is 4.79 Å². The first kappa shape index (κ1) is 12.6. The Bertz CT molecular complexity index is 303. The second kappa shape index (κ2) is 6.90. The molecule has 0 saturated carbocycles. The number of ether oxygens (including phenoxy) is 1. The molecule has 1 aromatic carbocycles. The number of esters is 1. The van der Waals surface area contributed by atoms with Crippen LogP contribution in [0.3, 0.4) is 0 Å². The van der Waals surface area contributed by atoms with Gasteiger partial charge in [-0.2, -0.15) is 11.8 Å². The minimum Gasteiger partial charge on any atom is -0.468 e. The van der Waals surface area contributed by atoms with E-state index in [1.807, 2.05) is 18.2 Å². The standard InChI is InChI=1S/C11H13BrO2S/c1-14-11(13)10(12)8-15-7-9-5-3-2-4-6-9/h2-6,10H,7-8H2,1H3. The average molecular weight is 289 g/mol. The molecule has 0 aromatic heterocycles. The van der Waals surface area contributed by atoms with E-state index < -0.39 is 0 Å². The summed E-state index contributed by atoms with van der Waals surface area (Å²) in [5.74, 6) is 1.43. The van der Waals surface area contributed by atoms with Crippen LogP contribution in [0.15, 0.2) is 30.3 Å². The molecule has 0 spiro atoms.